The molecule has 0 saturated carbocycles. The van der Waals surface area contributed by atoms with E-state index in [9.17, 15) is 22.8 Å². The van der Waals surface area contributed by atoms with Gasteiger partial charge in [-0.2, -0.15) is 13.2 Å². The van der Waals surface area contributed by atoms with Crippen molar-refractivity contribution in [2.75, 3.05) is 18.5 Å². The first kappa shape index (κ1) is 24.0. The van der Waals surface area contributed by atoms with E-state index in [4.69, 9.17) is 10.5 Å². The lowest BCUT2D eigenvalue weighted by Gasteiger charge is -2.16. The largest absolute Gasteiger partial charge is 0.484 e. The molecule has 0 saturated heterocycles. The highest BCUT2D eigenvalue weighted by molar-refractivity contribution is 5.96. The summed E-state index contributed by atoms with van der Waals surface area (Å²) in [6.07, 6.45) is -4.45. The number of amides is 2. The second-order valence-electron chi connectivity index (χ2n) is 5.87. The topological polar surface area (TPSA) is 93.5 Å². The van der Waals surface area contributed by atoms with Gasteiger partial charge in [0.15, 0.2) is 6.61 Å². The van der Waals surface area contributed by atoms with Crippen LogP contribution in [0.25, 0.3) is 0 Å². The van der Waals surface area contributed by atoms with Gasteiger partial charge in [-0.05, 0) is 25.0 Å². The minimum absolute atomic E-state index is 0. The Kier molecular flexibility index (Phi) is 9.44. The van der Waals surface area contributed by atoms with Crippen molar-refractivity contribution in [1.82, 2.24) is 5.32 Å². The second kappa shape index (κ2) is 10.2. The summed E-state index contributed by atoms with van der Waals surface area (Å²) in [6, 6.07) is 3.63. The monoisotopic (exact) mass is 397 g/mol. The highest BCUT2D eigenvalue weighted by atomic mass is 35.5. The van der Waals surface area contributed by atoms with Crippen LogP contribution in [-0.2, 0) is 9.59 Å². The molecule has 2 amide bonds. The van der Waals surface area contributed by atoms with Crippen LogP contribution >= 0.6 is 12.4 Å². The van der Waals surface area contributed by atoms with Crippen LogP contribution in [-0.4, -0.2) is 37.2 Å². The molecule has 10 heteroatoms. The number of ether oxygens (including phenoxy) is 1. The van der Waals surface area contributed by atoms with Crippen LogP contribution < -0.4 is 21.1 Å². The predicted octanol–water partition coefficient (Wildman–Crippen LogP) is 2.40. The van der Waals surface area contributed by atoms with Gasteiger partial charge in [-0.25, -0.2) is 0 Å². The van der Waals surface area contributed by atoms with E-state index in [1.54, 1.807) is 13.8 Å². The Morgan fingerprint density at radius 3 is 2.42 bits per heavy atom. The fraction of sp³-hybridized carbons (Fsp3) is 0.500. The van der Waals surface area contributed by atoms with Crippen LogP contribution in [0.2, 0.25) is 0 Å². The first-order valence-electron chi connectivity index (χ1n) is 7.63. The SMILES string of the molecule is Cc1c(NC(=O)CNC(=O)[C@@H](N)C(C)C)cccc1OCC(F)(F)F.Cl. The number of alkyl halides is 3. The molecule has 0 fully saturated rings. The van der Waals surface area contributed by atoms with E-state index in [1.807, 2.05) is 0 Å². The van der Waals surface area contributed by atoms with Crippen molar-refractivity contribution in [3.63, 3.8) is 0 Å². The first-order chi connectivity index (χ1) is 11.5. The van der Waals surface area contributed by atoms with Gasteiger partial charge < -0.3 is 21.1 Å². The molecule has 0 aliphatic heterocycles. The highest BCUT2D eigenvalue weighted by Gasteiger charge is 2.28. The lowest BCUT2D eigenvalue weighted by atomic mass is 10.1. The van der Waals surface area contributed by atoms with E-state index in [-0.39, 0.29) is 30.6 Å². The summed E-state index contributed by atoms with van der Waals surface area (Å²) >= 11 is 0. The Bertz CT molecular complexity index is 624. The Labute approximate surface area is 156 Å². The Balaban J connectivity index is 0.00000625. The van der Waals surface area contributed by atoms with E-state index >= 15 is 0 Å². The molecule has 1 rings (SSSR count). The molecule has 26 heavy (non-hydrogen) atoms. The van der Waals surface area contributed by atoms with Crippen LogP contribution in [0.3, 0.4) is 0 Å². The van der Waals surface area contributed by atoms with Gasteiger partial charge in [0.05, 0.1) is 12.6 Å². The van der Waals surface area contributed by atoms with Crippen LogP contribution in [0.1, 0.15) is 19.4 Å². The van der Waals surface area contributed by atoms with E-state index in [0.717, 1.165) is 0 Å². The zero-order valence-corrected chi connectivity index (χ0v) is 15.5. The molecule has 1 atom stereocenters. The number of carbonyl (C=O) groups is 2. The summed E-state index contributed by atoms with van der Waals surface area (Å²) in [4.78, 5) is 23.6. The number of carbonyl (C=O) groups excluding carboxylic acids is 2. The molecular weight excluding hydrogens is 375 g/mol. The number of hydrogen-bond donors (Lipinski definition) is 3. The third-order valence-corrected chi connectivity index (χ3v) is 3.39. The smallest absolute Gasteiger partial charge is 0.422 e. The third-order valence-electron chi connectivity index (χ3n) is 3.39. The predicted molar refractivity (Wildman–Crippen MR) is 94.4 cm³/mol. The molecular formula is C16H23ClF3N3O3. The van der Waals surface area contributed by atoms with Crippen molar-refractivity contribution in [3.05, 3.63) is 23.8 Å². The molecule has 0 radical (unpaired) electrons. The summed E-state index contributed by atoms with van der Waals surface area (Å²) < 4.78 is 41.4. The molecule has 1 aromatic carbocycles. The molecule has 0 unspecified atom stereocenters. The maximum Gasteiger partial charge on any atom is 0.422 e. The van der Waals surface area contributed by atoms with Crippen molar-refractivity contribution in [2.45, 2.75) is 33.0 Å². The molecule has 0 spiro atoms. The van der Waals surface area contributed by atoms with Crippen LogP contribution in [0.5, 0.6) is 5.75 Å². The standard InChI is InChI=1S/C16H22F3N3O3.ClH/c1-9(2)14(20)15(24)21-7-13(23)22-11-5-4-6-12(10(11)3)25-8-16(17,18)19;/h4-6,9,14H,7-8,20H2,1-3H3,(H,21,24)(H,22,23);1H/t14-;/m0./s1. The summed E-state index contributed by atoms with van der Waals surface area (Å²) in [5.41, 5.74) is 6.31. The highest BCUT2D eigenvalue weighted by Crippen LogP contribution is 2.27. The van der Waals surface area contributed by atoms with Gasteiger partial charge in [0, 0.05) is 11.3 Å². The normalized spacial score (nSPS) is 12.2. The van der Waals surface area contributed by atoms with Gasteiger partial charge in [0.1, 0.15) is 5.75 Å². The fourth-order valence-electron chi connectivity index (χ4n) is 1.85. The fourth-order valence-corrected chi connectivity index (χ4v) is 1.85. The van der Waals surface area contributed by atoms with Gasteiger partial charge in [0.2, 0.25) is 11.8 Å². The number of hydrogen-bond acceptors (Lipinski definition) is 4. The molecule has 0 aliphatic carbocycles. The van der Waals surface area contributed by atoms with Gasteiger partial charge in [-0.15, -0.1) is 12.4 Å². The lowest BCUT2D eigenvalue weighted by molar-refractivity contribution is -0.153. The first-order valence-corrected chi connectivity index (χ1v) is 7.63. The molecule has 4 N–H and O–H groups in total. The molecule has 0 aromatic heterocycles. The average molecular weight is 398 g/mol. The Morgan fingerprint density at radius 2 is 1.88 bits per heavy atom. The van der Waals surface area contributed by atoms with Crippen LogP contribution in [0.4, 0.5) is 18.9 Å². The number of benzene rings is 1. The maximum atomic E-state index is 12.2. The van der Waals surface area contributed by atoms with Gasteiger partial charge >= 0.3 is 6.18 Å². The molecule has 0 aliphatic rings. The zero-order valence-electron chi connectivity index (χ0n) is 14.6. The molecule has 0 heterocycles. The van der Waals surface area contributed by atoms with E-state index in [2.05, 4.69) is 10.6 Å². The maximum absolute atomic E-state index is 12.2. The van der Waals surface area contributed by atoms with Gasteiger partial charge in [0.25, 0.3) is 0 Å². The zero-order chi connectivity index (χ0) is 19.2. The van der Waals surface area contributed by atoms with Crippen molar-refractivity contribution >= 4 is 29.9 Å². The summed E-state index contributed by atoms with van der Waals surface area (Å²) in [6.45, 7) is 3.36. The lowest BCUT2D eigenvalue weighted by Crippen LogP contribution is -2.46. The third kappa shape index (κ3) is 7.92. The minimum Gasteiger partial charge on any atom is -0.484 e. The molecule has 6 nitrogen and oxygen atoms in total. The average Bonchev–Trinajstić information content (AvgIpc) is 2.51. The van der Waals surface area contributed by atoms with E-state index in [0.29, 0.717) is 11.3 Å². The molecule has 1 aromatic rings. The number of nitrogens with two attached hydrogens (primary N) is 1. The quantitative estimate of drug-likeness (QED) is 0.658. The Hall–Kier alpha value is -2.00. The number of anilines is 1. The van der Waals surface area contributed by atoms with Gasteiger partial charge in [-0.3, -0.25) is 9.59 Å². The number of rotatable bonds is 7. The van der Waals surface area contributed by atoms with E-state index in [1.165, 1.54) is 25.1 Å². The van der Waals surface area contributed by atoms with Crippen molar-refractivity contribution < 1.29 is 27.5 Å². The minimum atomic E-state index is -4.45. The summed E-state index contributed by atoms with van der Waals surface area (Å²) in [5.74, 6) is -1.04. The van der Waals surface area contributed by atoms with Crippen LogP contribution in [0, 0.1) is 12.8 Å². The van der Waals surface area contributed by atoms with Gasteiger partial charge in [-0.1, -0.05) is 19.9 Å². The second-order valence-corrected chi connectivity index (χ2v) is 5.87. The van der Waals surface area contributed by atoms with Crippen molar-refractivity contribution in [3.8, 4) is 5.75 Å². The molecule has 148 valence electrons. The number of halogens is 4. The Morgan fingerprint density at radius 1 is 1.27 bits per heavy atom. The molecule has 0 bridgehead atoms. The van der Waals surface area contributed by atoms with Crippen molar-refractivity contribution in [1.29, 1.82) is 0 Å². The van der Waals surface area contributed by atoms with Crippen LogP contribution in [0.15, 0.2) is 18.2 Å². The summed E-state index contributed by atoms with van der Waals surface area (Å²) in [5, 5.41) is 4.92. The van der Waals surface area contributed by atoms with Crippen molar-refractivity contribution in [2.24, 2.45) is 11.7 Å². The van der Waals surface area contributed by atoms with E-state index < -0.39 is 30.6 Å². The summed E-state index contributed by atoms with van der Waals surface area (Å²) in [7, 11) is 0. The number of nitrogens with one attached hydrogen (secondary N) is 2.